The molecule has 2 aromatic rings. The second kappa shape index (κ2) is 5.08. The first kappa shape index (κ1) is 13.1. The molecule has 18 heavy (non-hydrogen) atoms. The van der Waals surface area contributed by atoms with E-state index in [9.17, 15) is 4.79 Å². The van der Waals surface area contributed by atoms with Crippen molar-refractivity contribution in [2.75, 3.05) is 7.11 Å². The van der Waals surface area contributed by atoms with Gasteiger partial charge in [-0.25, -0.2) is 0 Å². The van der Waals surface area contributed by atoms with Crippen molar-refractivity contribution in [1.29, 1.82) is 0 Å². The van der Waals surface area contributed by atoms with Gasteiger partial charge in [0.25, 0.3) is 5.56 Å². The fourth-order valence-electron chi connectivity index (χ4n) is 1.71. The molecule has 0 radical (unpaired) electrons. The number of aromatic amines is 1. The first-order chi connectivity index (χ1) is 8.52. The third kappa shape index (κ3) is 2.40. The van der Waals surface area contributed by atoms with Crippen LogP contribution in [0.2, 0.25) is 10.0 Å². The van der Waals surface area contributed by atoms with Crippen molar-refractivity contribution < 1.29 is 4.74 Å². The predicted molar refractivity (Wildman–Crippen MR) is 71.9 cm³/mol. The lowest BCUT2D eigenvalue weighted by Crippen LogP contribution is -2.09. The van der Waals surface area contributed by atoms with Crippen LogP contribution in [0.3, 0.4) is 0 Å². The molecular formula is C12H12Cl2N2O2. The van der Waals surface area contributed by atoms with E-state index in [1.165, 1.54) is 17.9 Å². The Kier molecular flexibility index (Phi) is 3.68. The van der Waals surface area contributed by atoms with Crippen LogP contribution in [-0.2, 0) is 13.5 Å². The summed E-state index contributed by atoms with van der Waals surface area (Å²) >= 11 is 12.2. The van der Waals surface area contributed by atoms with Gasteiger partial charge in [-0.3, -0.25) is 14.6 Å². The number of halogens is 2. The summed E-state index contributed by atoms with van der Waals surface area (Å²) in [6.45, 7) is 0. The number of H-pyrrole nitrogens is 1. The van der Waals surface area contributed by atoms with Gasteiger partial charge in [0.05, 0.1) is 12.1 Å². The molecule has 0 saturated carbocycles. The van der Waals surface area contributed by atoms with Gasteiger partial charge in [-0.1, -0.05) is 29.3 Å². The van der Waals surface area contributed by atoms with E-state index in [1.807, 2.05) is 6.07 Å². The number of aromatic nitrogens is 2. The lowest BCUT2D eigenvalue weighted by Gasteiger charge is -2.08. The van der Waals surface area contributed by atoms with Gasteiger partial charge in [-0.15, -0.1) is 0 Å². The summed E-state index contributed by atoms with van der Waals surface area (Å²) in [5.74, 6) is 0.534. The van der Waals surface area contributed by atoms with Crippen molar-refractivity contribution in [2.45, 2.75) is 6.42 Å². The average Bonchev–Trinajstić information content (AvgIpc) is 2.65. The van der Waals surface area contributed by atoms with Crippen molar-refractivity contribution in [3.05, 3.63) is 49.9 Å². The molecule has 4 nitrogen and oxygen atoms in total. The number of ether oxygens (including phenoxy) is 1. The van der Waals surface area contributed by atoms with E-state index in [-0.39, 0.29) is 5.56 Å². The lowest BCUT2D eigenvalue weighted by atomic mass is 10.1. The number of rotatable bonds is 3. The molecule has 0 aliphatic heterocycles. The predicted octanol–water partition coefficient (Wildman–Crippen LogP) is 2.62. The quantitative estimate of drug-likeness (QED) is 0.943. The molecule has 1 aromatic carbocycles. The Labute approximate surface area is 114 Å². The molecule has 0 saturated heterocycles. The number of nitrogens with zero attached hydrogens (tertiary/aromatic N) is 1. The fraction of sp³-hybridized carbons (Fsp3) is 0.250. The fourth-order valence-corrected chi connectivity index (χ4v) is 2.19. The lowest BCUT2D eigenvalue weighted by molar-refractivity contribution is 0.415. The van der Waals surface area contributed by atoms with Gasteiger partial charge in [-0.05, 0) is 11.6 Å². The number of benzene rings is 1. The molecule has 0 aliphatic rings. The molecule has 0 amide bonds. The standard InChI is InChI=1S/C12H12Cl2N2O2/c1-16-10(17)6-8(15-16)5-7-3-4-9(18-2)12(14)11(7)13/h3-4,6,15H,5H2,1-2H3. The molecule has 0 unspecified atom stereocenters. The van der Waals surface area contributed by atoms with Crippen molar-refractivity contribution in [3.63, 3.8) is 0 Å². The van der Waals surface area contributed by atoms with Crippen molar-refractivity contribution in [2.24, 2.45) is 7.05 Å². The van der Waals surface area contributed by atoms with Crippen LogP contribution in [0.4, 0.5) is 0 Å². The molecular weight excluding hydrogens is 275 g/mol. The van der Waals surface area contributed by atoms with Crippen molar-refractivity contribution in [1.82, 2.24) is 9.78 Å². The van der Waals surface area contributed by atoms with Crippen LogP contribution in [0.1, 0.15) is 11.3 Å². The third-order valence-corrected chi connectivity index (χ3v) is 3.57. The minimum absolute atomic E-state index is 0.0827. The molecule has 0 bridgehead atoms. The van der Waals surface area contributed by atoms with Gasteiger partial charge in [-0.2, -0.15) is 0 Å². The zero-order valence-corrected chi connectivity index (χ0v) is 11.5. The molecule has 0 atom stereocenters. The van der Waals surface area contributed by atoms with E-state index in [4.69, 9.17) is 27.9 Å². The smallest absolute Gasteiger partial charge is 0.266 e. The topological polar surface area (TPSA) is 47.0 Å². The van der Waals surface area contributed by atoms with Crippen LogP contribution in [0, 0.1) is 0 Å². The Hall–Kier alpha value is -1.39. The highest BCUT2D eigenvalue weighted by Crippen LogP contribution is 2.35. The number of nitrogens with one attached hydrogen (secondary N) is 1. The van der Waals surface area contributed by atoms with Crippen molar-refractivity contribution >= 4 is 23.2 Å². The van der Waals surface area contributed by atoms with Crippen LogP contribution in [-0.4, -0.2) is 16.9 Å². The summed E-state index contributed by atoms with van der Waals surface area (Å²) < 4.78 is 6.49. The van der Waals surface area contributed by atoms with Crippen LogP contribution < -0.4 is 10.3 Å². The first-order valence-electron chi connectivity index (χ1n) is 5.28. The van der Waals surface area contributed by atoms with Crippen LogP contribution in [0.25, 0.3) is 0 Å². The van der Waals surface area contributed by atoms with E-state index in [0.717, 1.165) is 11.3 Å². The molecule has 96 valence electrons. The van der Waals surface area contributed by atoms with Crippen LogP contribution in [0.5, 0.6) is 5.75 Å². The minimum atomic E-state index is -0.0827. The van der Waals surface area contributed by atoms with E-state index in [2.05, 4.69) is 5.10 Å². The van der Waals surface area contributed by atoms with Gasteiger partial charge in [0.2, 0.25) is 0 Å². The molecule has 0 spiro atoms. The number of methoxy groups -OCH3 is 1. The van der Waals surface area contributed by atoms with E-state index in [1.54, 1.807) is 13.1 Å². The van der Waals surface area contributed by atoms with Crippen LogP contribution in [0.15, 0.2) is 23.0 Å². The van der Waals surface area contributed by atoms with Gasteiger partial charge in [0.15, 0.2) is 0 Å². The van der Waals surface area contributed by atoms with Crippen LogP contribution >= 0.6 is 23.2 Å². The van der Waals surface area contributed by atoms with Gasteiger partial charge in [0.1, 0.15) is 10.8 Å². The van der Waals surface area contributed by atoms with Crippen molar-refractivity contribution in [3.8, 4) is 5.75 Å². The maximum Gasteiger partial charge on any atom is 0.266 e. The first-order valence-corrected chi connectivity index (χ1v) is 6.04. The Bertz CT molecular complexity index is 631. The van der Waals surface area contributed by atoms with Gasteiger partial charge < -0.3 is 4.74 Å². The zero-order chi connectivity index (χ0) is 13.3. The average molecular weight is 287 g/mol. The molecule has 2 rings (SSSR count). The minimum Gasteiger partial charge on any atom is -0.495 e. The largest absolute Gasteiger partial charge is 0.495 e. The third-order valence-electron chi connectivity index (χ3n) is 2.67. The van der Waals surface area contributed by atoms with Gasteiger partial charge in [0, 0.05) is 25.2 Å². The highest BCUT2D eigenvalue weighted by Gasteiger charge is 2.11. The number of hydrogen-bond acceptors (Lipinski definition) is 2. The maximum absolute atomic E-state index is 11.3. The molecule has 1 N–H and O–H groups in total. The summed E-state index contributed by atoms with van der Waals surface area (Å²) in [4.78, 5) is 11.3. The van der Waals surface area contributed by atoms with E-state index < -0.39 is 0 Å². The van der Waals surface area contributed by atoms with Gasteiger partial charge >= 0.3 is 0 Å². The second-order valence-electron chi connectivity index (χ2n) is 3.91. The monoisotopic (exact) mass is 286 g/mol. The number of hydrogen-bond donors (Lipinski definition) is 1. The number of aryl methyl sites for hydroxylation is 1. The Morgan fingerprint density at radius 1 is 1.33 bits per heavy atom. The zero-order valence-electron chi connectivity index (χ0n) is 9.96. The summed E-state index contributed by atoms with van der Waals surface area (Å²) in [7, 11) is 3.19. The Morgan fingerprint density at radius 3 is 2.61 bits per heavy atom. The molecule has 0 aliphatic carbocycles. The molecule has 0 fully saturated rings. The highest BCUT2D eigenvalue weighted by molar-refractivity contribution is 6.43. The molecule has 6 heteroatoms. The maximum atomic E-state index is 11.3. The molecule has 1 heterocycles. The second-order valence-corrected chi connectivity index (χ2v) is 4.67. The Morgan fingerprint density at radius 2 is 2.06 bits per heavy atom. The summed E-state index contributed by atoms with van der Waals surface area (Å²) in [5.41, 5.74) is 1.54. The Balaban J connectivity index is 2.35. The summed E-state index contributed by atoms with van der Waals surface area (Å²) in [5, 5.41) is 3.77. The SMILES string of the molecule is COc1ccc(Cc2cc(=O)n(C)[nH]2)c(Cl)c1Cl. The summed E-state index contributed by atoms with van der Waals surface area (Å²) in [6, 6.07) is 5.12. The molecule has 1 aromatic heterocycles. The van der Waals surface area contributed by atoms with E-state index >= 15 is 0 Å². The van der Waals surface area contributed by atoms with E-state index in [0.29, 0.717) is 22.2 Å². The summed E-state index contributed by atoms with van der Waals surface area (Å²) in [6.07, 6.45) is 0.513. The highest BCUT2D eigenvalue weighted by atomic mass is 35.5. The normalized spacial score (nSPS) is 10.7.